The highest BCUT2D eigenvalue weighted by Crippen LogP contribution is 2.59. The monoisotopic (exact) mass is 269 g/mol. The Bertz CT molecular complexity index is 599. The summed E-state index contributed by atoms with van der Waals surface area (Å²) in [6.07, 6.45) is 6.98. The number of hydrogen-bond donors (Lipinski definition) is 1. The number of nitrogens with one attached hydrogen (secondary N) is 1. The van der Waals surface area contributed by atoms with Gasteiger partial charge in [0, 0.05) is 11.5 Å². The first-order valence-electron chi connectivity index (χ1n) is 7.70. The Labute approximate surface area is 118 Å². The molecule has 0 spiro atoms. The molecule has 4 aliphatic rings. The second kappa shape index (κ2) is 4.44. The van der Waals surface area contributed by atoms with Crippen LogP contribution in [0, 0.1) is 35.0 Å². The fourth-order valence-electron chi connectivity index (χ4n) is 5.26. The van der Waals surface area contributed by atoms with Crippen molar-refractivity contribution in [2.75, 3.05) is 0 Å². The first-order chi connectivity index (χ1) is 9.74. The predicted molar refractivity (Wildman–Crippen MR) is 74.0 cm³/mol. The Balaban J connectivity index is 1.69. The van der Waals surface area contributed by atoms with Crippen molar-refractivity contribution >= 4 is 0 Å². The van der Waals surface area contributed by atoms with E-state index in [1.165, 1.54) is 32.1 Å². The number of nitrogens with zero attached hydrogens (tertiary/aromatic N) is 2. The van der Waals surface area contributed by atoms with Gasteiger partial charge in [0.2, 0.25) is 0 Å². The minimum atomic E-state index is -0.209. The van der Waals surface area contributed by atoms with E-state index >= 15 is 0 Å². The van der Waals surface area contributed by atoms with Crippen LogP contribution in [-0.2, 0) is 6.42 Å². The van der Waals surface area contributed by atoms with Crippen molar-refractivity contribution in [3.05, 3.63) is 27.7 Å². The molecule has 20 heavy (non-hydrogen) atoms. The van der Waals surface area contributed by atoms with Crippen LogP contribution in [0.25, 0.3) is 0 Å². The van der Waals surface area contributed by atoms with E-state index in [0.29, 0.717) is 11.5 Å². The molecule has 0 aromatic carbocycles. The van der Waals surface area contributed by atoms with E-state index in [1.807, 2.05) is 6.07 Å². The number of aromatic amines is 1. The van der Waals surface area contributed by atoms with Gasteiger partial charge in [0.05, 0.1) is 18.2 Å². The summed E-state index contributed by atoms with van der Waals surface area (Å²) in [4.78, 5) is 11.7. The van der Waals surface area contributed by atoms with Gasteiger partial charge in [0.25, 0.3) is 5.56 Å². The molecule has 4 nitrogen and oxygen atoms in total. The Morgan fingerprint density at radius 2 is 1.85 bits per heavy atom. The number of rotatable bonds is 2. The molecule has 5 rings (SSSR count). The molecule has 104 valence electrons. The molecule has 1 heterocycles. The van der Waals surface area contributed by atoms with E-state index in [1.54, 1.807) is 0 Å². The van der Waals surface area contributed by atoms with Gasteiger partial charge in [-0.3, -0.25) is 4.79 Å². The number of hydrogen-bond acceptors (Lipinski definition) is 3. The second-order valence-electron chi connectivity index (χ2n) is 6.94. The van der Waals surface area contributed by atoms with Gasteiger partial charge >= 0.3 is 0 Å². The topological polar surface area (TPSA) is 69.5 Å². The Kier molecular flexibility index (Phi) is 2.70. The predicted octanol–water partition coefficient (Wildman–Crippen LogP) is 2.38. The van der Waals surface area contributed by atoms with Crippen LogP contribution in [0.1, 0.15) is 49.3 Å². The summed E-state index contributed by atoms with van der Waals surface area (Å²) in [6.45, 7) is 0. The van der Waals surface area contributed by atoms with Crippen molar-refractivity contribution < 1.29 is 0 Å². The Hall–Kier alpha value is -1.63. The smallest absolute Gasteiger partial charge is 0.268 e. The SMILES string of the molecule is N#CCc1cc(C2C3CC4CC(C3)CC2C4)n[nH]c1=O. The van der Waals surface area contributed by atoms with Crippen molar-refractivity contribution in [2.24, 2.45) is 23.7 Å². The minimum Gasteiger partial charge on any atom is -0.268 e. The van der Waals surface area contributed by atoms with Crippen molar-refractivity contribution in [2.45, 2.75) is 44.4 Å². The third-order valence-corrected chi connectivity index (χ3v) is 5.74. The molecule has 0 radical (unpaired) electrons. The van der Waals surface area contributed by atoms with Crippen molar-refractivity contribution in [1.82, 2.24) is 10.2 Å². The summed E-state index contributed by atoms with van der Waals surface area (Å²) in [5.74, 6) is 3.89. The first-order valence-corrected chi connectivity index (χ1v) is 7.70. The quantitative estimate of drug-likeness (QED) is 0.896. The fraction of sp³-hybridized carbons (Fsp3) is 0.688. The zero-order chi connectivity index (χ0) is 13.7. The van der Waals surface area contributed by atoms with E-state index in [0.717, 1.165) is 29.4 Å². The van der Waals surface area contributed by atoms with Gasteiger partial charge in [-0.15, -0.1) is 0 Å². The van der Waals surface area contributed by atoms with Crippen LogP contribution >= 0.6 is 0 Å². The van der Waals surface area contributed by atoms with Crippen molar-refractivity contribution in [1.29, 1.82) is 5.26 Å². The van der Waals surface area contributed by atoms with E-state index in [9.17, 15) is 4.79 Å². The Morgan fingerprint density at radius 1 is 1.20 bits per heavy atom. The van der Waals surface area contributed by atoms with Crippen LogP contribution < -0.4 is 5.56 Å². The van der Waals surface area contributed by atoms with E-state index in [4.69, 9.17) is 5.26 Å². The van der Waals surface area contributed by atoms with Gasteiger partial charge in [0.15, 0.2) is 0 Å². The van der Waals surface area contributed by atoms with Gasteiger partial charge in [-0.05, 0) is 61.8 Å². The van der Waals surface area contributed by atoms with Gasteiger partial charge < -0.3 is 0 Å². The zero-order valence-electron chi connectivity index (χ0n) is 11.5. The van der Waals surface area contributed by atoms with Gasteiger partial charge in [-0.2, -0.15) is 10.4 Å². The van der Waals surface area contributed by atoms with Crippen LogP contribution in [0.2, 0.25) is 0 Å². The average Bonchev–Trinajstić information content (AvgIpc) is 2.41. The molecular weight excluding hydrogens is 250 g/mol. The molecule has 4 saturated carbocycles. The lowest BCUT2D eigenvalue weighted by Crippen LogP contribution is -2.44. The summed E-state index contributed by atoms with van der Waals surface area (Å²) in [6, 6.07) is 3.97. The van der Waals surface area contributed by atoms with Crippen LogP contribution in [0.5, 0.6) is 0 Å². The average molecular weight is 269 g/mol. The van der Waals surface area contributed by atoms with E-state index in [-0.39, 0.29) is 12.0 Å². The summed E-state index contributed by atoms with van der Waals surface area (Å²) in [5, 5.41) is 15.7. The molecule has 4 aliphatic carbocycles. The molecule has 1 aromatic rings. The molecule has 0 atom stereocenters. The standard InChI is InChI=1S/C16H19N3O/c17-2-1-11-8-14(18-19-16(11)20)15-12-4-9-3-10(6-12)7-13(15)5-9/h8-10,12-13,15H,1,3-7H2,(H,19,20). The molecule has 0 aliphatic heterocycles. The summed E-state index contributed by atoms with van der Waals surface area (Å²) < 4.78 is 0. The van der Waals surface area contributed by atoms with Gasteiger partial charge in [-0.25, -0.2) is 5.10 Å². The highest BCUT2D eigenvalue weighted by atomic mass is 16.1. The molecule has 1 N–H and O–H groups in total. The normalized spacial score (nSPS) is 37.9. The van der Waals surface area contributed by atoms with Crippen LogP contribution in [0.3, 0.4) is 0 Å². The highest BCUT2D eigenvalue weighted by molar-refractivity contribution is 5.22. The lowest BCUT2D eigenvalue weighted by atomic mass is 9.51. The maximum atomic E-state index is 11.7. The molecule has 4 fully saturated rings. The highest BCUT2D eigenvalue weighted by Gasteiger charge is 2.49. The number of H-pyrrole nitrogens is 1. The number of aromatic nitrogens is 2. The molecule has 4 heteroatoms. The first kappa shape index (κ1) is 12.1. The molecule has 0 amide bonds. The third-order valence-electron chi connectivity index (χ3n) is 5.74. The molecule has 4 bridgehead atoms. The number of nitriles is 1. The fourth-order valence-corrected chi connectivity index (χ4v) is 5.26. The molecule has 1 aromatic heterocycles. The van der Waals surface area contributed by atoms with Gasteiger partial charge in [-0.1, -0.05) is 0 Å². The summed E-state index contributed by atoms with van der Waals surface area (Å²) >= 11 is 0. The van der Waals surface area contributed by atoms with E-state index in [2.05, 4.69) is 16.3 Å². The summed E-state index contributed by atoms with van der Waals surface area (Å²) in [7, 11) is 0. The second-order valence-corrected chi connectivity index (χ2v) is 6.94. The molecule has 0 unspecified atom stereocenters. The van der Waals surface area contributed by atoms with Crippen LogP contribution in [-0.4, -0.2) is 10.2 Å². The zero-order valence-corrected chi connectivity index (χ0v) is 11.5. The van der Waals surface area contributed by atoms with E-state index < -0.39 is 0 Å². The third kappa shape index (κ3) is 1.80. The van der Waals surface area contributed by atoms with Crippen LogP contribution in [0.15, 0.2) is 10.9 Å². The molecule has 0 saturated heterocycles. The van der Waals surface area contributed by atoms with Crippen molar-refractivity contribution in [3.8, 4) is 6.07 Å². The largest absolute Gasteiger partial charge is 0.268 e. The lowest BCUT2D eigenvalue weighted by molar-refractivity contribution is -0.00447. The minimum absolute atomic E-state index is 0.179. The maximum absolute atomic E-state index is 11.7. The Morgan fingerprint density at radius 3 is 2.45 bits per heavy atom. The van der Waals surface area contributed by atoms with Crippen LogP contribution in [0.4, 0.5) is 0 Å². The van der Waals surface area contributed by atoms with Crippen molar-refractivity contribution in [3.63, 3.8) is 0 Å². The maximum Gasteiger partial charge on any atom is 0.268 e. The molecular formula is C16H19N3O. The van der Waals surface area contributed by atoms with Gasteiger partial charge in [0.1, 0.15) is 0 Å². The summed E-state index contributed by atoms with van der Waals surface area (Å²) in [5.41, 5.74) is 1.40. The lowest BCUT2D eigenvalue weighted by Gasteiger charge is -2.54.